The van der Waals surface area contributed by atoms with E-state index < -0.39 is 16.1 Å². The minimum atomic E-state index is -3.29. The average Bonchev–Trinajstić information content (AvgIpc) is 2.31. The maximum atomic E-state index is 11.5. The van der Waals surface area contributed by atoms with Gasteiger partial charge >= 0.3 is 0 Å². The van der Waals surface area contributed by atoms with Gasteiger partial charge in [-0.05, 0) is 25.7 Å². The van der Waals surface area contributed by atoms with Crippen molar-refractivity contribution in [3.8, 4) is 0 Å². The van der Waals surface area contributed by atoms with Crippen LogP contribution in [-0.2, 0) is 14.8 Å². The average molecular weight is 234 g/mol. The summed E-state index contributed by atoms with van der Waals surface area (Å²) < 4.78 is 25.4. The third-order valence-corrected chi connectivity index (χ3v) is 3.92. The second-order valence-electron chi connectivity index (χ2n) is 3.78. The van der Waals surface area contributed by atoms with Crippen LogP contribution in [0.1, 0.15) is 32.6 Å². The molecule has 1 saturated heterocycles. The summed E-state index contributed by atoms with van der Waals surface area (Å²) >= 11 is 0. The summed E-state index contributed by atoms with van der Waals surface area (Å²) in [6, 6.07) is -0.580. The van der Waals surface area contributed by atoms with E-state index in [1.165, 1.54) is 0 Å². The van der Waals surface area contributed by atoms with Crippen molar-refractivity contribution >= 4 is 15.9 Å². The van der Waals surface area contributed by atoms with Crippen LogP contribution >= 0.6 is 0 Å². The Morgan fingerprint density at radius 3 is 2.87 bits per heavy atom. The lowest BCUT2D eigenvalue weighted by atomic mass is 10.1. The van der Waals surface area contributed by atoms with Gasteiger partial charge in [-0.2, -0.15) is 0 Å². The highest BCUT2D eigenvalue weighted by atomic mass is 32.2. The van der Waals surface area contributed by atoms with E-state index in [4.69, 9.17) is 0 Å². The van der Waals surface area contributed by atoms with Crippen LogP contribution in [0.2, 0.25) is 0 Å². The fraction of sp³-hybridized carbons (Fsp3) is 0.889. The number of carbonyl (C=O) groups excluding carboxylic acids is 1. The van der Waals surface area contributed by atoms with Gasteiger partial charge < -0.3 is 5.32 Å². The van der Waals surface area contributed by atoms with E-state index in [9.17, 15) is 13.2 Å². The van der Waals surface area contributed by atoms with E-state index in [2.05, 4.69) is 10.0 Å². The molecular formula is C9H18N2O3S. The summed E-state index contributed by atoms with van der Waals surface area (Å²) in [4.78, 5) is 11.5. The highest BCUT2D eigenvalue weighted by molar-refractivity contribution is 7.89. The predicted molar refractivity (Wildman–Crippen MR) is 57.9 cm³/mol. The third kappa shape index (κ3) is 4.17. The van der Waals surface area contributed by atoms with Gasteiger partial charge in [-0.15, -0.1) is 0 Å². The number of rotatable bonds is 4. The van der Waals surface area contributed by atoms with Crippen molar-refractivity contribution in [1.29, 1.82) is 0 Å². The van der Waals surface area contributed by atoms with Gasteiger partial charge in [-0.3, -0.25) is 4.79 Å². The van der Waals surface area contributed by atoms with E-state index in [1.807, 2.05) is 0 Å². The highest BCUT2D eigenvalue weighted by Gasteiger charge is 2.24. The molecule has 0 aromatic heterocycles. The Morgan fingerprint density at radius 1 is 1.47 bits per heavy atom. The minimum Gasteiger partial charge on any atom is -0.355 e. The monoisotopic (exact) mass is 234 g/mol. The molecule has 1 atom stereocenters. The van der Waals surface area contributed by atoms with E-state index in [0.29, 0.717) is 19.4 Å². The molecule has 5 nitrogen and oxygen atoms in total. The quantitative estimate of drug-likeness (QED) is 0.718. The Hall–Kier alpha value is -0.620. The van der Waals surface area contributed by atoms with Gasteiger partial charge in [0.05, 0.1) is 5.75 Å². The van der Waals surface area contributed by atoms with Gasteiger partial charge in [0.1, 0.15) is 6.04 Å². The van der Waals surface area contributed by atoms with Crippen molar-refractivity contribution in [3.05, 3.63) is 0 Å². The first-order valence-corrected chi connectivity index (χ1v) is 6.98. The molecule has 1 rings (SSSR count). The van der Waals surface area contributed by atoms with Gasteiger partial charge in [0, 0.05) is 6.54 Å². The maximum Gasteiger partial charge on any atom is 0.238 e. The number of hydrogen-bond donors (Lipinski definition) is 2. The summed E-state index contributed by atoms with van der Waals surface area (Å²) in [7, 11) is -3.29. The first-order chi connectivity index (χ1) is 7.05. The summed E-state index contributed by atoms with van der Waals surface area (Å²) in [6.07, 6.45) is 2.94. The fourth-order valence-corrected chi connectivity index (χ4v) is 2.91. The van der Waals surface area contributed by atoms with E-state index in [1.54, 1.807) is 6.92 Å². The molecule has 0 aromatic carbocycles. The maximum absolute atomic E-state index is 11.5. The lowest BCUT2D eigenvalue weighted by Crippen LogP contribution is -2.46. The molecule has 0 aliphatic carbocycles. The molecule has 0 bridgehead atoms. The zero-order chi connectivity index (χ0) is 11.3. The van der Waals surface area contributed by atoms with Crippen LogP contribution in [0.5, 0.6) is 0 Å². The van der Waals surface area contributed by atoms with Crippen LogP contribution in [0.15, 0.2) is 0 Å². The van der Waals surface area contributed by atoms with E-state index >= 15 is 0 Å². The van der Waals surface area contributed by atoms with Crippen LogP contribution in [0.25, 0.3) is 0 Å². The molecule has 2 N–H and O–H groups in total. The Kier molecular flexibility index (Phi) is 4.53. The lowest BCUT2D eigenvalue weighted by Gasteiger charge is -2.14. The summed E-state index contributed by atoms with van der Waals surface area (Å²) in [5, 5.41) is 2.69. The van der Waals surface area contributed by atoms with Crippen LogP contribution < -0.4 is 10.0 Å². The molecule has 0 spiro atoms. The van der Waals surface area contributed by atoms with Crippen molar-refractivity contribution in [2.24, 2.45) is 0 Å². The van der Waals surface area contributed by atoms with Crippen molar-refractivity contribution in [2.45, 2.75) is 38.6 Å². The zero-order valence-electron chi connectivity index (χ0n) is 8.95. The molecule has 1 aliphatic heterocycles. The number of carbonyl (C=O) groups is 1. The molecule has 1 fully saturated rings. The SMILES string of the molecule is CCCS(=O)(=O)NC1CCCCNC1=O. The summed E-state index contributed by atoms with van der Waals surface area (Å²) in [6.45, 7) is 2.44. The Bertz CT molecular complexity index is 313. The molecule has 0 radical (unpaired) electrons. The molecule has 1 amide bonds. The largest absolute Gasteiger partial charge is 0.355 e. The Morgan fingerprint density at radius 2 is 2.20 bits per heavy atom. The van der Waals surface area contributed by atoms with Crippen LogP contribution in [0.3, 0.4) is 0 Å². The Balaban J connectivity index is 2.58. The topological polar surface area (TPSA) is 75.3 Å². The standard InChI is InChI=1S/C9H18N2O3S/c1-2-7-15(13,14)11-8-5-3-4-6-10-9(8)12/h8,11H,2-7H2,1H3,(H,10,12). The van der Waals surface area contributed by atoms with Crippen molar-refractivity contribution in [3.63, 3.8) is 0 Å². The fourth-order valence-electron chi connectivity index (χ4n) is 1.60. The smallest absolute Gasteiger partial charge is 0.238 e. The normalized spacial score (nSPS) is 23.3. The second kappa shape index (κ2) is 5.46. The van der Waals surface area contributed by atoms with Crippen LogP contribution in [0.4, 0.5) is 0 Å². The van der Waals surface area contributed by atoms with Crippen molar-refractivity contribution in [2.75, 3.05) is 12.3 Å². The van der Waals surface area contributed by atoms with Gasteiger partial charge in [0.15, 0.2) is 0 Å². The van der Waals surface area contributed by atoms with Gasteiger partial charge in [0.2, 0.25) is 15.9 Å². The predicted octanol–water partition coefficient (Wildman–Crippen LogP) is -0.0155. The molecule has 88 valence electrons. The van der Waals surface area contributed by atoms with Gasteiger partial charge in [-0.1, -0.05) is 6.92 Å². The van der Waals surface area contributed by atoms with Crippen molar-refractivity contribution < 1.29 is 13.2 Å². The highest BCUT2D eigenvalue weighted by Crippen LogP contribution is 2.06. The van der Waals surface area contributed by atoms with Gasteiger partial charge in [0.25, 0.3) is 0 Å². The molecule has 0 saturated carbocycles. The van der Waals surface area contributed by atoms with E-state index in [-0.39, 0.29) is 11.7 Å². The second-order valence-corrected chi connectivity index (χ2v) is 5.65. The van der Waals surface area contributed by atoms with Crippen LogP contribution in [0, 0.1) is 0 Å². The molecule has 6 heteroatoms. The summed E-state index contributed by atoms with van der Waals surface area (Å²) in [5.74, 6) is -0.122. The van der Waals surface area contributed by atoms with E-state index in [0.717, 1.165) is 12.8 Å². The van der Waals surface area contributed by atoms with Crippen molar-refractivity contribution in [1.82, 2.24) is 10.0 Å². The first-order valence-electron chi connectivity index (χ1n) is 5.33. The molecule has 1 unspecified atom stereocenters. The first kappa shape index (κ1) is 12.4. The molecule has 1 heterocycles. The number of amides is 1. The number of nitrogens with one attached hydrogen (secondary N) is 2. The molecule has 1 aliphatic rings. The van der Waals surface area contributed by atoms with Gasteiger partial charge in [-0.25, -0.2) is 13.1 Å². The summed E-state index contributed by atoms with van der Waals surface area (Å²) in [5.41, 5.74) is 0. The third-order valence-electron chi connectivity index (χ3n) is 2.33. The molecule has 15 heavy (non-hydrogen) atoms. The minimum absolute atomic E-state index is 0.0801. The lowest BCUT2D eigenvalue weighted by molar-refractivity contribution is -0.122. The Labute approximate surface area is 90.7 Å². The number of hydrogen-bond acceptors (Lipinski definition) is 3. The zero-order valence-corrected chi connectivity index (χ0v) is 9.77. The molecule has 0 aromatic rings. The molecular weight excluding hydrogens is 216 g/mol. The van der Waals surface area contributed by atoms with Crippen LogP contribution in [-0.4, -0.2) is 32.7 Å². The number of sulfonamides is 1.